The van der Waals surface area contributed by atoms with Crippen molar-refractivity contribution in [1.29, 1.82) is 0 Å². The highest BCUT2D eigenvalue weighted by Crippen LogP contribution is 2.13. The van der Waals surface area contributed by atoms with Crippen molar-refractivity contribution in [3.8, 4) is 0 Å². The number of ether oxygens (including phenoxy) is 1. The van der Waals surface area contributed by atoms with Crippen molar-refractivity contribution in [3.63, 3.8) is 0 Å². The average molecular weight is 246 g/mol. The summed E-state index contributed by atoms with van der Waals surface area (Å²) in [6.45, 7) is 5.75. The summed E-state index contributed by atoms with van der Waals surface area (Å²) in [6.07, 6.45) is 5.32. The second-order valence-corrected chi connectivity index (χ2v) is 4.90. The Balaban J connectivity index is 1.70. The van der Waals surface area contributed by atoms with Crippen LogP contribution < -0.4 is 5.32 Å². The predicted molar refractivity (Wildman–Crippen MR) is 68.4 cm³/mol. The van der Waals surface area contributed by atoms with Crippen LogP contribution in [0.1, 0.15) is 24.6 Å². The van der Waals surface area contributed by atoms with E-state index < -0.39 is 0 Å². The Morgan fingerprint density at radius 1 is 1.56 bits per heavy atom. The molecule has 0 bridgehead atoms. The maximum atomic E-state index is 5.53. The van der Waals surface area contributed by atoms with Gasteiger partial charge < -0.3 is 10.1 Å². The van der Waals surface area contributed by atoms with Gasteiger partial charge in [-0.1, -0.05) is 0 Å². The first kappa shape index (κ1) is 11.6. The molecule has 0 radical (unpaired) electrons. The lowest BCUT2D eigenvalue weighted by Crippen LogP contribution is -2.34. The molecule has 0 saturated carbocycles. The molecule has 0 aliphatic carbocycles. The molecule has 0 amide bonds. The highest BCUT2D eigenvalue weighted by Gasteiger charge is 2.23. The van der Waals surface area contributed by atoms with Gasteiger partial charge in [0.25, 0.3) is 0 Å². The minimum Gasteiger partial charge on any atom is -0.377 e. The fourth-order valence-electron chi connectivity index (χ4n) is 2.37. The highest BCUT2D eigenvalue weighted by molar-refractivity contribution is 5.38. The number of rotatable bonds is 3. The Bertz CT molecular complexity index is 551. The average Bonchev–Trinajstić information content (AvgIpc) is 2.90. The van der Waals surface area contributed by atoms with Gasteiger partial charge in [-0.2, -0.15) is 5.10 Å². The van der Waals surface area contributed by atoms with E-state index in [1.165, 1.54) is 0 Å². The number of hydrogen-bond acceptors (Lipinski definition) is 4. The van der Waals surface area contributed by atoms with Gasteiger partial charge in [-0.25, -0.2) is 9.50 Å². The second-order valence-electron chi connectivity index (χ2n) is 4.90. The Kier molecular flexibility index (Phi) is 3.01. The molecular formula is C13H18N4O. The van der Waals surface area contributed by atoms with Crippen molar-refractivity contribution >= 4 is 5.65 Å². The first-order valence-corrected chi connectivity index (χ1v) is 6.38. The molecule has 1 fully saturated rings. The monoisotopic (exact) mass is 246 g/mol. The smallest absolute Gasteiger partial charge is 0.155 e. The molecule has 2 atom stereocenters. The lowest BCUT2D eigenvalue weighted by Gasteiger charge is -2.15. The SMILES string of the molecule is Cc1cc2ncc(CNC3CCOC3C)cn2n1. The van der Waals surface area contributed by atoms with E-state index in [9.17, 15) is 0 Å². The summed E-state index contributed by atoms with van der Waals surface area (Å²) in [7, 11) is 0. The van der Waals surface area contributed by atoms with E-state index in [-0.39, 0.29) is 0 Å². The van der Waals surface area contributed by atoms with Crippen LogP contribution >= 0.6 is 0 Å². The summed E-state index contributed by atoms with van der Waals surface area (Å²) in [5.41, 5.74) is 3.03. The summed E-state index contributed by atoms with van der Waals surface area (Å²) in [5.74, 6) is 0. The van der Waals surface area contributed by atoms with Crippen LogP contribution in [-0.2, 0) is 11.3 Å². The Morgan fingerprint density at radius 3 is 3.22 bits per heavy atom. The number of aromatic nitrogens is 3. The molecule has 1 aliphatic rings. The van der Waals surface area contributed by atoms with Gasteiger partial charge in [-0.05, 0) is 20.3 Å². The molecule has 0 aromatic carbocycles. The molecule has 96 valence electrons. The topological polar surface area (TPSA) is 51.5 Å². The van der Waals surface area contributed by atoms with E-state index in [0.29, 0.717) is 12.1 Å². The van der Waals surface area contributed by atoms with Crippen LogP contribution in [0.5, 0.6) is 0 Å². The maximum absolute atomic E-state index is 5.53. The Morgan fingerprint density at radius 2 is 2.44 bits per heavy atom. The summed E-state index contributed by atoms with van der Waals surface area (Å²) in [5, 5.41) is 7.88. The summed E-state index contributed by atoms with van der Waals surface area (Å²) in [4.78, 5) is 4.40. The molecule has 1 N–H and O–H groups in total. The van der Waals surface area contributed by atoms with Gasteiger partial charge in [0.05, 0.1) is 11.8 Å². The van der Waals surface area contributed by atoms with Crippen LogP contribution in [0.2, 0.25) is 0 Å². The molecule has 5 heteroatoms. The molecule has 18 heavy (non-hydrogen) atoms. The van der Waals surface area contributed by atoms with E-state index >= 15 is 0 Å². The zero-order valence-corrected chi connectivity index (χ0v) is 10.8. The van der Waals surface area contributed by atoms with Gasteiger partial charge >= 0.3 is 0 Å². The van der Waals surface area contributed by atoms with Gasteiger partial charge in [0.15, 0.2) is 5.65 Å². The molecule has 1 saturated heterocycles. The van der Waals surface area contributed by atoms with Crippen LogP contribution in [0.4, 0.5) is 0 Å². The molecule has 2 unspecified atom stereocenters. The van der Waals surface area contributed by atoms with Crippen LogP contribution in [0, 0.1) is 6.92 Å². The van der Waals surface area contributed by atoms with Gasteiger partial charge in [0.1, 0.15) is 0 Å². The minimum absolute atomic E-state index is 0.300. The highest BCUT2D eigenvalue weighted by atomic mass is 16.5. The van der Waals surface area contributed by atoms with Crippen molar-refractivity contribution in [2.75, 3.05) is 6.61 Å². The number of nitrogens with one attached hydrogen (secondary N) is 1. The molecular weight excluding hydrogens is 228 g/mol. The number of hydrogen-bond donors (Lipinski definition) is 1. The number of aryl methyl sites for hydroxylation is 1. The van der Waals surface area contributed by atoms with Crippen molar-refractivity contribution in [2.24, 2.45) is 0 Å². The van der Waals surface area contributed by atoms with E-state index in [2.05, 4.69) is 22.3 Å². The Hall–Kier alpha value is -1.46. The third kappa shape index (κ3) is 2.23. The van der Waals surface area contributed by atoms with Crippen LogP contribution in [0.3, 0.4) is 0 Å². The quantitative estimate of drug-likeness (QED) is 0.887. The predicted octanol–water partition coefficient (Wildman–Crippen LogP) is 1.30. The first-order valence-electron chi connectivity index (χ1n) is 6.38. The van der Waals surface area contributed by atoms with Crippen LogP contribution in [-0.4, -0.2) is 33.4 Å². The molecule has 1 aliphatic heterocycles. The molecule has 2 aromatic rings. The van der Waals surface area contributed by atoms with Crippen molar-refractivity contribution < 1.29 is 4.74 Å². The molecule has 3 heterocycles. The van der Waals surface area contributed by atoms with Crippen molar-refractivity contribution in [1.82, 2.24) is 19.9 Å². The van der Waals surface area contributed by atoms with E-state index in [1.807, 2.05) is 29.9 Å². The van der Waals surface area contributed by atoms with Gasteiger partial charge in [-0.15, -0.1) is 0 Å². The zero-order chi connectivity index (χ0) is 12.5. The third-order valence-corrected chi connectivity index (χ3v) is 3.43. The van der Waals surface area contributed by atoms with Crippen molar-refractivity contribution in [2.45, 2.75) is 39.0 Å². The number of nitrogens with zero attached hydrogens (tertiary/aromatic N) is 3. The number of fused-ring (bicyclic) bond motifs is 1. The largest absolute Gasteiger partial charge is 0.377 e. The van der Waals surface area contributed by atoms with Gasteiger partial charge in [-0.3, -0.25) is 0 Å². The molecule has 0 spiro atoms. The molecule has 5 nitrogen and oxygen atoms in total. The Labute approximate surface area is 106 Å². The standard InChI is InChI=1S/C13H18N4O/c1-9-5-13-15-7-11(8-17(13)16-9)6-14-12-3-4-18-10(12)2/h5,7-8,10,12,14H,3-4,6H2,1-2H3. The van der Waals surface area contributed by atoms with E-state index in [0.717, 1.165) is 36.5 Å². The van der Waals surface area contributed by atoms with E-state index in [4.69, 9.17) is 4.74 Å². The van der Waals surface area contributed by atoms with Gasteiger partial charge in [0, 0.05) is 43.2 Å². The summed E-state index contributed by atoms with van der Waals surface area (Å²) in [6, 6.07) is 2.42. The second kappa shape index (κ2) is 4.66. The van der Waals surface area contributed by atoms with Crippen molar-refractivity contribution in [3.05, 3.63) is 29.7 Å². The fourth-order valence-corrected chi connectivity index (χ4v) is 2.37. The normalized spacial score (nSPS) is 23.9. The molecule has 2 aromatic heterocycles. The lowest BCUT2D eigenvalue weighted by atomic mass is 10.1. The lowest BCUT2D eigenvalue weighted by molar-refractivity contribution is 0.113. The zero-order valence-electron chi connectivity index (χ0n) is 10.8. The van der Waals surface area contributed by atoms with Crippen LogP contribution in [0.15, 0.2) is 18.5 Å². The third-order valence-electron chi connectivity index (χ3n) is 3.43. The fraction of sp³-hybridized carbons (Fsp3) is 0.538. The summed E-state index contributed by atoms with van der Waals surface area (Å²) < 4.78 is 7.37. The summed E-state index contributed by atoms with van der Waals surface area (Å²) >= 11 is 0. The molecule has 3 rings (SSSR count). The first-order chi connectivity index (χ1) is 8.72. The minimum atomic E-state index is 0.300. The van der Waals surface area contributed by atoms with Crippen LogP contribution in [0.25, 0.3) is 5.65 Å². The maximum Gasteiger partial charge on any atom is 0.155 e. The van der Waals surface area contributed by atoms with Gasteiger partial charge in [0.2, 0.25) is 0 Å². The van der Waals surface area contributed by atoms with E-state index in [1.54, 1.807) is 0 Å².